The molecular weight excluding hydrogens is 881 g/mol. The summed E-state index contributed by atoms with van der Waals surface area (Å²) < 4.78 is 35.9. The molecule has 3 saturated carbocycles. The molecule has 0 spiro atoms. The van der Waals surface area contributed by atoms with Crippen molar-refractivity contribution in [2.24, 2.45) is 45.3 Å². The first-order chi connectivity index (χ1) is 31.2. The lowest BCUT2D eigenvalue weighted by Gasteiger charge is -2.67. The first-order valence-corrected chi connectivity index (χ1v) is 24.5. The Morgan fingerprint density at radius 1 is 0.657 bits per heavy atom. The second kappa shape index (κ2) is 19.8. The first-order valence-electron chi connectivity index (χ1n) is 24.5. The summed E-state index contributed by atoms with van der Waals surface area (Å²) in [6, 6.07) is 0. The SMILES string of the molecule is C[C@H](CC[C@@H](O[C@@H]1O[C@H](CO)[C@@H](O)[C@H](O)[C@H]1OC1O[C@H](CO)[C@@H](O)[C@H](O)[C@H]1O)C(C)(C)O)C1CC[C@@]2(C)C3CC=C4C(CC[C@H](O[C@@H]5O[C@H](CO)[C@@H](O)[C@H](O)[C@H]5O)C4(C)C)[C@]3(C)[C@H](O)C[C@]12C. The van der Waals surface area contributed by atoms with Crippen LogP contribution in [0.4, 0.5) is 0 Å². The second-order valence-electron chi connectivity index (χ2n) is 23.0. The van der Waals surface area contributed by atoms with Gasteiger partial charge in [0, 0.05) is 10.8 Å². The summed E-state index contributed by atoms with van der Waals surface area (Å²) in [5, 5.41) is 139. The van der Waals surface area contributed by atoms with E-state index in [4.69, 9.17) is 28.4 Å². The number of fused-ring (bicyclic) bond motifs is 5. The van der Waals surface area contributed by atoms with Gasteiger partial charge in [-0.15, -0.1) is 0 Å². The summed E-state index contributed by atoms with van der Waals surface area (Å²) >= 11 is 0. The predicted octanol–water partition coefficient (Wildman–Crippen LogP) is -1.06. The summed E-state index contributed by atoms with van der Waals surface area (Å²) in [5.41, 5.74) is -1.70. The zero-order valence-corrected chi connectivity index (χ0v) is 40.3. The van der Waals surface area contributed by atoms with E-state index in [-0.39, 0.29) is 34.5 Å². The Bertz CT molecular complexity index is 1710. The van der Waals surface area contributed by atoms with Gasteiger partial charge in [-0.1, -0.05) is 53.2 Å². The molecule has 4 unspecified atom stereocenters. The number of ether oxygens (including phenoxy) is 6. The second-order valence-corrected chi connectivity index (χ2v) is 23.0. The molecule has 7 aliphatic rings. The highest BCUT2D eigenvalue weighted by Crippen LogP contribution is 2.75. The third kappa shape index (κ3) is 9.13. The molecule has 19 nitrogen and oxygen atoms in total. The minimum Gasteiger partial charge on any atom is -0.394 e. The van der Waals surface area contributed by atoms with Gasteiger partial charge in [-0.2, -0.15) is 0 Å². The number of aliphatic hydroxyl groups is 13. The van der Waals surface area contributed by atoms with E-state index in [1.54, 1.807) is 13.8 Å². The Morgan fingerprint density at radius 3 is 1.72 bits per heavy atom. The van der Waals surface area contributed by atoms with Crippen LogP contribution in [0.25, 0.3) is 0 Å². The molecule has 0 aromatic heterocycles. The molecule has 13 N–H and O–H groups in total. The third-order valence-corrected chi connectivity index (χ3v) is 18.7. The zero-order valence-electron chi connectivity index (χ0n) is 40.3. The van der Waals surface area contributed by atoms with Crippen LogP contribution in [0.2, 0.25) is 0 Å². The van der Waals surface area contributed by atoms with Crippen molar-refractivity contribution >= 4 is 0 Å². The molecule has 3 heterocycles. The summed E-state index contributed by atoms with van der Waals surface area (Å²) in [5.74, 6) is 0.476. The summed E-state index contributed by atoms with van der Waals surface area (Å²) in [6.45, 7) is 14.5. The van der Waals surface area contributed by atoms with Gasteiger partial charge in [0.15, 0.2) is 18.9 Å². The van der Waals surface area contributed by atoms with Crippen molar-refractivity contribution in [2.45, 2.75) is 223 Å². The number of hydrogen-bond acceptors (Lipinski definition) is 19. The van der Waals surface area contributed by atoms with Crippen molar-refractivity contribution < 1.29 is 94.8 Å². The third-order valence-electron chi connectivity index (χ3n) is 18.7. The average molecular weight is 963 g/mol. The molecule has 0 aromatic rings. The lowest BCUT2D eigenvalue weighted by molar-refractivity contribution is -0.375. The van der Waals surface area contributed by atoms with E-state index in [9.17, 15) is 66.4 Å². The Balaban J connectivity index is 1.06. The summed E-state index contributed by atoms with van der Waals surface area (Å²) in [4.78, 5) is 0. The lowest BCUT2D eigenvalue weighted by atomic mass is 9.38. The molecule has 7 rings (SSSR count). The molecule has 0 amide bonds. The highest BCUT2D eigenvalue weighted by Gasteiger charge is 2.70. The van der Waals surface area contributed by atoms with E-state index in [0.717, 1.165) is 25.7 Å². The minimum absolute atomic E-state index is 0.0500. The molecule has 3 aliphatic heterocycles. The van der Waals surface area contributed by atoms with Gasteiger partial charge in [0.05, 0.1) is 43.7 Å². The fourth-order valence-electron chi connectivity index (χ4n) is 14.2. The van der Waals surface area contributed by atoms with E-state index in [1.165, 1.54) is 5.57 Å². The van der Waals surface area contributed by atoms with Crippen molar-refractivity contribution in [1.29, 1.82) is 0 Å². The molecule has 3 saturated heterocycles. The van der Waals surface area contributed by atoms with E-state index >= 15 is 0 Å². The molecule has 19 heteroatoms. The number of aliphatic hydroxyl groups excluding tert-OH is 12. The van der Waals surface area contributed by atoms with Gasteiger partial charge >= 0.3 is 0 Å². The molecule has 6 fully saturated rings. The molecule has 388 valence electrons. The average Bonchev–Trinajstić information content (AvgIpc) is 3.54. The van der Waals surface area contributed by atoms with Crippen LogP contribution in [0.15, 0.2) is 11.6 Å². The maximum absolute atomic E-state index is 12.6. The maximum Gasteiger partial charge on any atom is 0.187 e. The van der Waals surface area contributed by atoms with Crippen molar-refractivity contribution in [3.8, 4) is 0 Å². The van der Waals surface area contributed by atoms with Crippen LogP contribution in [-0.2, 0) is 28.4 Å². The van der Waals surface area contributed by atoms with Gasteiger partial charge in [0.2, 0.25) is 0 Å². The molecule has 0 aromatic carbocycles. The zero-order chi connectivity index (χ0) is 49.5. The molecule has 25 atom stereocenters. The van der Waals surface area contributed by atoms with Crippen LogP contribution in [0.5, 0.6) is 0 Å². The van der Waals surface area contributed by atoms with Crippen LogP contribution < -0.4 is 0 Å². The fourth-order valence-corrected chi connectivity index (χ4v) is 14.2. The standard InChI is InChI=1S/C48H82O19/c1-21(9-13-31(45(4,5)61)66-43-40(37(58)34(55)27(20-51)64-43)67-42-39(60)36(57)33(54)26(19-50)63-42)22-15-16-46(6)28-12-10-23-24(48(28,8)29(52)17-47(22,46)7)11-14-30(44(23,2)3)65-41-38(59)35(56)32(53)25(18-49)62-41/h10,21-22,24-43,49-61H,9,11-20H2,1-8H3/t21-,22?,24?,25-,26-,27-,28?,29-,30+,31-,32-,33-,34-,35+,36+,37+,38-,39-,40-,41+,42?,43+,46+,47-,48+/m1/s1. The molecule has 0 radical (unpaired) electrons. The predicted molar refractivity (Wildman–Crippen MR) is 235 cm³/mol. The van der Waals surface area contributed by atoms with Crippen molar-refractivity contribution in [2.75, 3.05) is 19.8 Å². The number of rotatable bonds is 14. The van der Waals surface area contributed by atoms with E-state index < -0.39 is 147 Å². The van der Waals surface area contributed by atoms with Crippen LogP contribution in [0, 0.1) is 45.3 Å². The van der Waals surface area contributed by atoms with Crippen LogP contribution in [-0.4, -0.2) is 202 Å². The van der Waals surface area contributed by atoms with Gasteiger partial charge in [-0.05, 0) is 99.7 Å². The van der Waals surface area contributed by atoms with Gasteiger partial charge in [0.25, 0.3) is 0 Å². The highest BCUT2D eigenvalue weighted by atomic mass is 16.8. The van der Waals surface area contributed by atoms with Crippen LogP contribution in [0.3, 0.4) is 0 Å². The van der Waals surface area contributed by atoms with Gasteiger partial charge in [-0.3, -0.25) is 0 Å². The van der Waals surface area contributed by atoms with E-state index in [2.05, 4.69) is 47.6 Å². The van der Waals surface area contributed by atoms with Gasteiger partial charge < -0.3 is 94.8 Å². The van der Waals surface area contributed by atoms with Gasteiger partial charge in [-0.25, -0.2) is 0 Å². The quantitative estimate of drug-likeness (QED) is 0.0924. The molecule has 67 heavy (non-hydrogen) atoms. The van der Waals surface area contributed by atoms with E-state index in [1.807, 2.05) is 0 Å². The number of hydrogen-bond donors (Lipinski definition) is 13. The number of allylic oxidation sites excluding steroid dienone is 1. The summed E-state index contributed by atoms with van der Waals surface area (Å²) in [6.07, 6.45) is -17.3. The monoisotopic (exact) mass is 963 g/mol. The lowest BCUT2D eigenvalue weighted by Crippen LogP contribution is -2.65. The topological polar surface area (TPSA) is 318 Å². The highest BCUT2D eigenvalue weighted by molar-refractivity contribution is 5.32. The fraction of sp³-hybridized carbons (Fsp3) is 0.958. The van der Waals surface area contributed by atoms with Crippen LogP contribution in [0.1, 0.15) is 107 Å². The van der Waals surface area contributed by atoms with E-state index in [0.29, 0.717) is 25.7 Å². The molecule has 0 bridgehead atoms. The Kier molecular flexibility index (Phi) is 15.9. The maximum atomic E-state index is 12.6. The Labute approximate surface area is 393 Å². The smallest absolute Gasteiger partial charge is 0.187 e. The minimum atomic E-state index is -1.83. The molecule has 4 aliphatic carbocycles. The summed E-state index contributed by atoms with van der Waals surface area (Å²) in [7, 11) is 0. The van der Waals surface area contributed by atoms with Crippen molar-refractivity contribution in [3.63, 3.8) is 0 Å². The van der Waals surface area contributed by atoms with Crippen LogP contribution >= 0.6 is 0 Å². The van der Waals surface area contributed by atoms with Crippen molar-refractivity contribution in [1.82, 2.24) is 0 Å². The van der Waals surface area contributed by atoms with Gasteiger partial charge in [0.1, 0.15) is 73.2 Å². The first kappa shape index (κ1) is 53.8. The normalized spacial score (nSPS) is 51.0. The van der Waals surface area contributed by atoms with Crippen molar-refractivity contribution in [3.05, 3.63) is 11.6 Å². The molecular formula is C48H82O19. The Morgan fingerprint density at radius 2 is 1.18 bits per heavy atom. The Hall–Kier alpha value is -1.02. The largest absolute Gasteiger partial charge is 0.394 e.